The summed E-state index contributed by atoms with van der Waals surface area (Å²) in [5, 5.41) is 3.50. The molecule has 0 unspecified atom stereocenters. The number of hydrogen-bond acceptors (Lipinski definition) is 5. The van der Waals surface area contributed by atoms with Crippen LogP contribution < -0.4 is 10.2 Å². The fourth-order valence-corrected chi connectivity index (χ4v) is 3.46. The van der Waals surface area contributed by atoms with Gasteiger partial charge in [-0.15, -0.1) is 0 Å². The van der Waals surface area contributed by atoms with Crippen LogP contribution in [0.5, 0.6) is 0 Å². The van der Waals surface area contributed by atoms with E-state index in [1.807, 2.05) is 24.3 Å². The number of anilines is 2. The lowest BCUT2D eigenvalue weighted by Crippen LogP contribution is -2.49. The van der Waals surface area contributed by atoms with E-state index in [-0.39, 0.29) is 18.2 Å². The van der Waals surface area contributed by atoms with Crippen LogP contribution in [-0.2, 0) is 11.2 Å². The minimum Gasteiger partial charge on any atom is -0.459 e. The van der Waals surface area contributed by atoms with Crippen molar-refractivity contribution in [1.29, 1.82) is 0 Å². The van der Waals surface area contributed by atoms with Gasteiger partial charge < -0.3 is 19.5 Å². The highest BCUT2D eigenvalue weighted by molar-refractivity contribution is 6.30. The number of rotatable bonds is 5. The largest absolute Gasteiger partial charge is 0.459 e. The number of benzene rings is 1. The maximum Gasteiger partial charge on any atom is 0.289 e. The maximum atomic E-state index is 12.4. The summed E-state index contributed by atoms with van der Waals surface area (Å²) in [6, 6.07) is 14.3. The quantitative estimate of drug-likeness (QED) is 0.678. The molecule has 7 nitrogen and oxygen atoms in total. The zero-order valence-electron chi connectivity index (χ0n) is 16.3. The first-order valence-electron chi connectivity index (χ1n) is 9.66. The molecule has 1 saturated heterocycles. The van der Waals surface area contributed by atoms with E-state index in [9.17, 15) is 9.59 Å². The highest BCUT2D eigenvalue weighted by Crippen LogP contribution is 2.18. The number of furan rings is 1. The summed E-state index contributed by atoms with van der Waals surface area (Å²) in [6.45, 7) is 2.56. The lowest BCUT2D eigenvalue weighted by molar-refractivity contribution is -0.115. The predicted molar refractivity (Wildman–Crippen MR) is 115 cm³/mol. The first-order chi connectivity index (χ1) is 14.6. The Kier molecular flexibility index (Phi) is 5.99. The van der Waals surface area contributed by atoms with Crippen molar-refractivity contribution in [2.75, 3.05) is 36.4 Å². The monoisotopic (exact) mass is 424 g/mol. The maximum absolute atomic E-state index is 12.4. The molecule has 4 rings (SSSR count). The predicted octanol–water partition coefficient (Wildman–Crippen LogP) is 3.47. The Morgan fingerprint density at radius 2 is 1.80 bits per heavy atom. The van der Waals surface area contributed by atoms with E-state index in [0.717, 1.165) is 11.4 Å². The molecule has 3 heterocycles. The number of halogens is 1. The van der Waals surface area contributed by atoms with Crippen LogP contribution in [0.25, 0.3) is 0 Å². The molecule has 30 heavy (non-hydrogen) atoms. The summed E-state index contributed by atoms with van der Waals surface area (Å²) in [7, 11) is 0. The second-order valence-electron chi connectivity index (χ2n) is 7.01. The molecule has 0 atom stereocenters. The van der Waals surface area contributed by atoms with Crippen LogP contribution in [0.3, 0.4) is 0 Å². The van der Waals surface area contributed by atoms with Crippen molar-refractivity contribution in [3.8, 4) is 0 Å². The molecule has 0 bridgehead atoms. The molecule has 3 aromatic rings. The van der Waals surface area contributed by atoms with Crippen LogP contribution in [0.2, 0.25) is 5.02 Å². The molecule has 0 radical (unpaired) electrons. The lowest BCUT2D eigenvalue weighted by atomic mass is 10.1. The van der Waals surface area contributed by atoms with E-state index in [1.165, 1.54) is 6.26 Å². The molecule has 1 fully saturated rings. The van der Waals surface area contributed by atoms with Crippen LogP contribution in [0.15, 0.2) is 65.4 Å². The molecule has 8 heteroatoms. The van der Waals surface area contributed by atoms with Gasteiger partial charge in [-0.05, 0) is 42.0 Å². The van der Waals surface area contributed by atoms with Gasteiger partial charge in [0.25, 0.3) is 5.91 Å². The van der Waals surface area contributed by atoms with E-state index in [4.69, 9.17) is 16.0 Å². The standard InChI is InChI=1S/C22H21ClN4O3/c23-17-5-3-16(4-6-17)14-21(28)25-18-7-8-20(24-15-18)26-9-11-27(12-10-26)22(29)19-2-1-13-30-19/h1-8,13,15H,9-12,14H2,(H,25,28). The Morgan fingerprint density at radius 3 is 2.43 bits per heavy atom. The van der Waals surface area contributed by atoms with Gasteiger partial charge in [0.1, 0.15) is 5.82 Å². The van der Waals surface area contributed by atoms with Crippen LogP contribution >= 0.6 is 11.6 Å². The zero-order chi connectivity index (χ0) is 20.9. The van der Waals surface area contributed by atoms with E-state index >= 15 is 0 Å². The summed E-state index contributed by atoms with van der Waals surface area (Å²) in [5.41, 5.74) is 1.53. The normalized spacial score (nSPS) is 13.9. The van der Waals surface area contributed by atoms with Crippen molar-refractivity contribution in [1.82, 2.24) is 9.88 Å². The highest BCUT2D eigenvalue weighted by atomic mass is 35.5. The van der Waals surface area contributed by atoms with Crippen LogP contribution in [-0.4, -0.2) is 47.9 Å². The molecule has 154 valence electrons. The number of carbonyl (C=O) groups is 2. The van der Waals surface area contributed by atoms with Crippen molar-refractivity contribution >= 4 is 34.9 Å². The van der Waals surface area contributed by atoms with Crippen LogP contribution in [0.1, 0.15) is 16.1 Å². The molecule has 2 amide bonds. The minimum absolute atomic E-state index is 0.0913. The fraction of sp³-hybridized carbons (Fsp3) is 0.227. The van der Waals surface area contributed by atoms with Crippen LogP contribution in [0.4, 0.5) is 11.5 Å². The Bertz CT molecular complexity index is 996. The van der Waals surface area contributed by atoms with E-state index in [1.54, 1.807) is 35.4 Å². The first kappa shape index (κ1) is 20.0. The Morgan fingerprint density at radius 1 is 1.03 bits per heavy atom. The number of carbonyl (C=O) groups excluding carboxylic acids is 2. The molecule has 1 aromatic carbocycles. The van der Waals surface area contributed by atoms with E-state index in [0.29, 0.717) is 42.6 Å². The van der Waals surface area contributed by atoms with Crippen LogP contribution in [0, 0.1) is 0 Å². The number of amides is 2. The fourth-order valence-electron chi connectivity index (χ4n) is 3.33. The first-order valence-corrected chi connectivity index (χ1v) is 10.0. The van der Waals surface area contributed by atoms with Gasteiger partial charge >= 0.3 is 0 Å². The Balaban J connectivity index is 1.29. The summed E-state index contributed by atoms with van der Waals surface area (Å²) in [6.07, 6.45) is 3.42. The number of nitrogens with zero attached hydrogens (tertiary/aromatic N) is 3. The number of pyridine rings is 1. The van der Waals surface area contributed by atoms with Crippen molar-refractivity contribution < 1.29 is 14.0 Å². The van der Waals surface area contributed by atoms with E-state index in [2.05, 4.69) is 15.2 Å². The number of nitrogens with one attached hydrogen (secondary N) is 1. The minimum atomic E-state index is -0.114. The zero-order valence-corrected chi connectivity index (χ0v) is 17.0. The SMILES string of the molecule is O=C(Cc1ccc(Cl)cc1)Nc1ccc(N2CCN(C(=O)c3ccco3)CC2)nc1. The lowest BCUT2D eigenvalue weighted by Gasteiger charge is -2.35. The molecule has 1 aliphatic rings. The second kappa shape index (κ2) is 9.00. The average Bonchev–Trinajstić information content (AvgIpc) is 3.30. The topological polar surface area (TPSA) is 78.7 Å². The summed E-state index contributed by atoms with van der Waals surface area (Å²) < 4.78 is 5.19. The summed E-state index contributed by atoms with van der Waals surface area (Å²) in [5.74, 6) is 0.972. The van der Waals surface area contributed by atoms with Gasteiger partial charge in [-0.2, -0.15) is 0 Å². The molecule has 0 spiro atoms. The third-order valence-electron chi connectivity index (χ3n) is 4.93. The van der Waals surface area contributed by atoms with E-state index < -0.39 is 0 Å². The Labute approximate surface area is 179 Å². The molecule has 1 N–H and O–H groups in total. The highest BCUT2D eigenvalue weighted by Gasteiger charge is 2.24. The van der Waals surface area contributed by atoms with Gasteiger partial charge in [-0.3, -0.25) is 9.59 Å². The summed E-state index contributed by atoms with van der Waals surface area (Å²) >= 11 is 5.87. The summed E-state index contributed by atoms with van der Waals surface area (Å²) in [4.78, 5) is 32.9. The average molecular weight is 425 g/mol. The number of aromatic nitrogens is 1. The third kappa shape index (κ3) is 4.80. The van der Waals surface area contributed by atoms with Crippen molar-refractivity contribution in [2.24, 2.45) is 0 Å². The smallest absolute Gasteiger partial charge is 0.289 e. The van der Waals surface area contributed by atoms with Crippen molar-refractivity contribution in [2.45, 2.75) is 6.42 Å². The number of hydrogen-bond donors (Lipinski definition) is 1. The molecule has 0 aliphatic carbocycles. The van der Waals surface area contributed by atoms with Gasteiger partial charge in [0.15, 0.2) is 5.76 Å². The van der Waals surface area contributed by atoms with Crippen molar-refractivity contribution in [3.05, 3.63) is 77.3 Å². The van der Waals surface area contributed by atoms with Gasteiger partial charge in [-0.1, -0.05) is 23.7 Å². The van der Waals surface area contributed by atoms with Gasteiger partial charge in [0.2, 0.25) is 5.91 Å². The third-order valence-corrected chi connectivity index (χ3v) is 5.18. The molecular weight excluding hydrogens is 404 g/mol. The molecule has 0 saturated carbocycles. The van der Waals surface area contributed by atoms with Gasteiger partial charge in [0.05, 0.1) is 24.6 Å². The molecule has 1 aliphatic heterocycles. The Hall–Kier alpha value is -3.32. The second-order valence-corrected chi connectivity index (χ2v) is 7.45. The van der Waals surface area contributed by atoms with Crippen molar-refractivity contribution in [3.63, 3.8) is 0 Å². The number of piperazine rings is 1. The van der Waals surface area contributed by atoms with Gasteiger partial charge in [0, 0.05) is 31.2 Å². The molecule has 2 aromatic heterocycles. The van der Waals surface area contributed by atoms with Gasteiger partial charge in [-0.25, -0.2) is 4.98 Å². The molecular formula is C22H21ClN4O3.